The number of para-hydroxylation sites is 3. The van der Waals surface area contributed by atoms with Crippen molar-refractivity contribution in [2.45, 2.75) is 19.8 Å². The van der Waals surface area contributed by atoms with E-state index in [1.807, 2.05) is 30.3 Å². The van der Waals surface area contributed by atoms with Crippen molar-refractivity contribution in [1.29, 1.82) is 0 Å². The highest BCUT2D eigenvalue weighted by molar-refractivity contribution is 5.74. The zero-order chi connectivity index (χ0) is 20.1. The van der Waals surface area contributed by atoms with Gasteiger partial charge in [0.05, 0.1) is 30.8 Å². The summed E-state index contributed by atoms with van der Waals surface area (Å²) >= 11 is 0. The molecule has 0 radical (unpaired) electrons. The van der Waals surface area contributed by atoms with Gasteiger partial charge in [0.2, 0.25) is 5.95 Å². The summed E-state index contributed by atoms with van der Waals surface area (Å²) in [6.45, 7) is 7.56. The van der Waals surface area contributed by atoms with Gasteiger partial charge in [-0.05, 0) is 29.7 Å². The first-order valence-corrected chi connectivity index (χ1v) is 9.95. The Hall–Kier alpha value is -3.19. The Kier molecular flexibility index (Phi) is 5.86. The summed E-state index contributed by atoms with van der Waals surface area (Å²) in [7, 11) is 0. The van der Waals surface area contributed by atoms with Gasteiger partial charge in [0.15, 0.2) is 5.82 Å². The first kappa shape index (κ1) is 19.1. The van der Waals surface area contributed by atoms with Gasteiger partial charge in [-0.25, -0.2) is 0 Å². The van der Waals surface area contributed by atoms with Crippen molar-refractivity contribution >= 4 is 28.8 Å². The molecule has 0 unspecified atom stereocenters. The van der Waals surface area contributed by atoms with E-state index in [1.165, 1.54) is 5.56 Å². The standard InChI is InChI=1S/C22H26N6O/c1-16(2)17-7-3-4-8-18(17)24-21-15-23-27-22(26-21)25-19-9-5-6-10-20(19)28-11-13-29-14-12-28/h3-10,15-16H,11-14H2,1-2H3,(H2,24,25,26,27). The van der Waals surface area contributed by atoms with Gasteiger partial charge in [-0.3, -0.25) is 0 Å². The van der Waals surface area contributed by atoms with E-state index >= 15 is 0 Å². The molecule has 1 saturated heterocycles. The highest BCUT2D eigenvalue weighted by Gasteiger charge is 2.15. The molecule has 2 aromatic carbocycles. The van der Waals surface area contributed by atoms with E-state index in [1.54, 1.807) is 6.20 Å². The molecule has 0 spiro atoms. The largest absolute Gasteiger partial charge is 0.378 e. The van der Waals surface area contributed by atoms with Crippen molar-refractivity contribution in [2.24, 2.45) is 0 Å². The Morgan fingerprint density at radius 1 is 0.931 bits per heavy atom. The molecule has 2 heterocycles. The summed E-state index contributed by atoms with van der Waals surface area (Å²) in [4.78, 5) is 6.92. The molecule has 1 aliphatic heterocycles. The van der Waals surface area contributed by atoms with Crippen LogP contribution in [0.5, 0.6) is 0 Å². The Labute approximate surface area is 171 Å². The van der Waals surface area contributed by atoms with Crippen LogP contribution in [0.2, 0.25) is 0 Å². The highest BCUT2D eigenvalue weighted by atomic mass is 16.5. The van der Waals surface area contributed by atoms with Crippen LogP contribution in [0.4, 0.5) is 28.8 Å². The van der Waals surface area contributed by atoms with E-state index in [4.69, 9.17) is 4.74 Å². The van der Waals surface area contributed by atoms with Gasteiger partial charge in [-0.1, -0.05) is 44.2 Å². The van der Waals surface area contributed by atoms with Crippen molar-refractivity contribution in [3.63, 3.8) is 0 Å². The summed E-state index contributed by atoms with van der Waals surface area (Å²) in [5.74, 6) is 1.52. The molecule has 0 atom stereocenters. The molecule has 4 rings (SSSR count). The normalized spacial score (nSPS) is 14.1. The fourth-order valence-corrected chi connectivity index (χ4v) is 3.45. The van der Waals surface area contributed by atoms with Gasteiger partial charge < -0.3 is 20.3 Å². The fourth-order valence-electron chi connectivity index (χ4n) is 3.45. The molecule has 29 heavy (non-hydrogen) atoms. The second-order valence-electron chi connectivity index (χ2n) is 7.27. The van der Waals surface area contributed by atoms with E-state index < -0.39 is 0 Å². The number of ether oxygens (including phenoxy) is 1. The predicted molar refractivity (Wildman–Crippen MR) is 116 cm³/mol. The van der Waals surface area contributed by atoms with E-state index in [-0.39, 0.29) is 0 Å². The van der Waals surface area contributed by atoms with Gasteiger partial charge in [-0.15, -0.1) is 5.10 Å². The van der Waals surface area contributed by atoms with Crippen molar-refractivity contribution in [3.05, 3.63) is 60.3 Å². The van der Waals surface area contributed by atoms with Gasteiger partial charge in [-0.2, -0.15) is 10.1 Å². The Morgan fingerprint density at radius 2 is 1.66 bits per heavy atom. The number of morpholine rings is 1. The molecule has 1 fully saturated rings. The summed E-state index contributed by atoms with van der Waals surface area (Å²) in [6.07, 6.45) is 1.64. The molecule has 0 amide bonds. The van der Waals surface area contributed by atoms with E-state index in [2.05, 4.69) is 62.8 Å². The SMILES string of the molecule is CC(C)c1ccccc1Nc1cnnc(Nc2ccccc2N2CCOCC2)n1. The number of anilines is 5. The van der Waals surface area contributed by atoms with Crippen molar-refractivity contribution in [2.75, 3.05) is 41.8 Å². The second-order valence-corrected chi connectivity index (χ2v) is 7.27. The molecule has 0 saturated carbocycles. The average Bonchev–Trinajstić information content (AvgIpc) is 2.75. The van der Waals surface area contributed by atoms with Crippen LogP contribution < -0.4 is 15.5 Å². The van der Waals surface area contributed by atoms with Gasteiger partial charge in [0.25, 0.3) is 0 Å². The first-order chi connectivity index (χ1) is 14.2. The smallest absolute Gasteiger partial charge is 0.249 e. The average molecular weight is 390 g/mol. The lowest BCUT2D eigenvalue weighted by Gasteiger charge is -2.30. The topological polar surface area (TPSA) is 75.2 Å². The summed E-state index contributed by atoms with van der Waals surface area (Å²) < 4.78 is 5.47. The monoisotopic (exact) mass is 390 g/mol. The van der Waals surface area contributed by atoms with Crippen LogP contribution >= 0.6 is 0 Å². The predicted octanol–water partition coefficient (Wildman–Crippen LogP) is 4.32. The Balaban J connectivity index is 1.55. The van der Waals surface area contributed by atoms with E-state index in [0.717, 1.165) is 43.4 Å². The number of benzene rings is 2. The Morgan fingerprint density at radius 3 is 2.45 bits per heavy atom. The quantitative estimate of drug-likeness (QED) is 0.649. The maximum atomic E-state index is 5.47. The van der Waals surface area contributed by atoms with Crippen LogP contribution in [0.25, 0.3) is 0 Å². The van der Waals surface area contributed by atoms with Crippen LogP contribution in [0, 0.1) is 0 Å². The number of hydrogen-bond donors (Lipinski definition) is 2. The second kappa shape index (κ2) is 8.87. The van der Waals surface area contributed by atoms with Gasteiger partial charge in [0.1, 0.15) is 0 Å². The zero-order valence-electron chi connectivity index (χ0n) is 16.8. The number of hydrogen-bond acceptors (Lipinski definition) is 7. The minimum Gasteiger partial charge on any atom is -0.378 e. The fraction of sp³-hybridized carbons (Fsp3) is 0.318. The van der Waals surface area contributed by atoms with Crippen LogP contribution in [-0.4, -0.2) is 41.5 Å². The van der Waals surface area contributed by atoms with Crippen LogP contribution in [-0.2, 0) is 4.74 Å². The molecule has 1 aliphatic rings. The minimum absolute atomic E-state index is 0.409. The molecule has 0 bridgehead atoms. The van der Waals surface area contributed by atoms with Crippen LogP contribution in [0.3, 0.4) is 0 Å². The maximum Gasteiger partial charge on any atom is 0.249 e. The first-order valence-electron chi connectivity index (χ1n) is 9.95. The lowest BCUT2D eigenvalue weighted by Crippen LogP contribution is -2.36. The summed E-state index contributed by atoms with van der Waals surface area (Å²) in [5.41, 5.74) is 4.33. The molecule has 150 valence electrons. The lowest BCUT2D eigenvalue weighted by atomic mass is 10.0. The summed E-state index contributed by atoms with van der Waals surface area (Å²) in [6, 6.07) is 16.4. The van der Waals surface area contributed by atoms with Crippen molar-refractivity contribution < 1.29 is 4.74 Å². The van der Waals surface area contributed by atoms with Gasteiger partial charge in [0, 0.05) is 18.8 Å². The maximum absolute atomic E-state index is 5.47. The third-order valence-electron chi connectivity index (χ3n) is 4.91. The molecule has 2 N–H and O–H groups in total. The molecule has 3 aromatic rings. The molecule has 1 aromatic heterocycles. The van der Waals surface area contributed by atoms with Crippen molar-refractivity contribution in [3.8, 4) is 0 Å². The van der Waals surface area contributed by atoms with Crippen LogP contribution in [0.1, 0.15) is 25.3 Å². The molecule has 0 aliphatic carbocycles. The van der Waals surface area contributed by atoms with Crippen molar-refractivity contribution in [1.82, 2.24) is 15.2 Å². The van der Waals surface area contributed by atoms with Crippen LogP contribution in [0.15, 0.2) is 54.7 Å². The van der Waals surface area contributed by atoms with Gasteiger partial charge >= 0.3 is 0 Å². The summed E-state index contributed by atoms with van der Waals surface area (Å²) in [5, 5.41) is 15.0. The molecule has 7 heteroatoms. The molecular formula is C22H26N6O. The molecule has 7 nitrogen and oxygen atoms in total. The Bertz CT molecular complexity index is 955. The number of aromatic nitrogens is 3. The van der Waals surface area contributed by atoms with E-state index in [0.29, 0.717) is 17.7 Å². The number of nitrogens with zero attached hydrogens (tertiary/aromatic N) is 4. The molecular weight excluding hydrogens is 364 g/mol. The third kappa shape index (κ3) is 4.63. The highest BCUT2D eigenvalue weighted by Crippen LogP contribution is 2.29. The number of nitrogens with one attached hydrogen (secondary N) is 2. The number of rotatable bonds is 6. The third-order valence-corrected chi connectivity index (χ3v) is 4.91. The zero-order valence-corrected chi connectivity index (χ0v) is 16.8. The minimum atomic E-state index is 0.409. The van der Waals surface area contributed by atoms with E-state index in [9.17, 15) is 0 Å². The lowest BCUT2D eigenvalue weighted by molar-refractivity contribution is 0.123.